The maximum atomic E-state index is 5.48. The Kier molecular flexibility index (Phi) is 5.22. The average molecular weight is 258 g/mol. The molecule has 102 valence electrons. The van der Waals surface area contributed by atoms with Gasteiger partial charge in [-0.05, 0) is 41.3 Å². The maximum Gasteiger partial charge on any atom is 0.188 e. The van der Waals surface area contributed by atoms with E-state index in [1.807, 2.05) is 6.07 Å². The number of aryl methyl sites for hydroxylation is 1. The number of fused-ring (bicyclic) bond motifs is 1. The van der Waals surface area contributed by atoms with Gasteiger partial charge in [-0.15, -0.1) is 0 Å². The molecule has 0 aliphatic rings. The van der Waals surface area contributed by atoms with Gasteiger partial charge >= 0.3 is 0 Å². The molecule has 0 radical (unpaired) electrons. The van der Waals surface area contributed by atoms with E-state index < -0.39 is 0 Å². The minimum Gasteiger partial charge on any atom is -0.468 e. The number of hydrogen-bond acceptors (Lipinski definition) is 2. The van der Waals surface area contributed by atoms with Crippen molar-refractivity contribution in [3.05, 3.63) is 42.0 Å². The fourth-order valence-electron chi connectivity index (χ4n) is 2.23. The molecule has 0 saturated heterocycles. The Labute approximate surface area is 115 Å². The van der Waals surface area contributed by atoms with Crippen molar-refractivity contribution < 1.29 is 9.47 Å². The second-order valence-electron chi connectivity index (χ2n) is 4.85. The summed E-state index contributed by atoms with van der Waals surface area (Å²) in [5.41, 5.74) is 1.41. The van der Waals surface area contributed by atoms with Gasteiger partial charge in [0.2, 0.25) is 0 Å². The SMILES string of the molecule is CCCCCc1ccc2ccc(OCOC)cc2c1. The first kappa shape index (κ1) is 13.9. The van der Waals surface area contributed by atoms with Crippen molar-refractivity contribution in [3.63, 3.8) is 0 Å². The van der Waals surface area contributed by atoms with Gasteiger partial charge in [-0.3, -0.25) is 0 Å². The molecule has 0 bridgehead atoms. The van der Waals surface area contributed by atoms with Gasteiger partial charge in [0.15, 0.2) is 6.79 Å². The quantitative estimate of drug-likeness (QED) is 0.535. The van der Waals surface area contributed by atoms with Gasteiger partial charge < -0.3 is 9.47 Å². The summed E-state index contributed by atoms with van der Waals surface area (Å²) >= 11 is 0. The molecule has 0 heterocycles. The predicted molar refractivity (Wildman–Crippen MR) is 79.7 cm³/mol. The van der Waals surface area contributed by atoms with E-state index in [-0.39, 0.29) is 0 Å². The van der Waals surface area contributed by atoms with E-state index in [9.17, 15) is 0 Å². The summed E-state index contributed by atoms with van der Waals surface area (Å²) in [6, 6.07) is 12.8. The Balaban J connectivity index is 2.14. The number of rotatable bonds is 7. The standard InChI is InChI=1S/C17H22O2/c1-3-4-5-6-14-7-8-15-9-10-17(19-13-18-2)12-16(15)11-14/h7-12H,3-6,13H2,1-2H3. The predicted octanol–water partition coefficient (Wildman–Crippen LogP) is 4.56. The van der Waals surface area contributed by atoms with E-state index in [4.69, 9.17) is 9.47 Å². The molecule has 2 nitrogen and oxygen atoms in total. The van der Waals surface area contributed by atoms with Gasteiger partial charge in [0.1, 0.15) is 5.75 Å². The molecule has 0 aliphatic carbocycles. The minimum absolute atomic E-state index is 0.293. The van der Waals surface area contributed by atoms with Gasteiger partial charge in [0, 0.05) is 7.11 Å². The van der Waals surface area contributed by atoms with Gasteiger partial charge in [-0.1, -0.05) is 44.0 Å². The van der Waals surface area contributed by atoms with E-state index in [2.05, 4.69) is 37.3 Å². The van der Waals surface area contributed by atoms with Crippen LogP contribution in [-0.2, 0) is 11.2 Å². The van der Waals surface area contributed by atoms with Crippen LogP contribution in [0.5, 0.6) is 5.75 Å². The van der Waals surface area contributed by atoms with Crippen molar-refractivity contribution in [1.29, 1.82) is 0 Å². The van der Waals surface area contributed by atoms with Crippen LogP contribution < -0.4 is 4.74 Å². The molecule has 2 rings (SSSR count). The van der Waals surface area contributed by atoms with Crippen molar-refractivity contribution in [2.45, 2.75) is 32.6 Å². The molecular formula is C17H22O2. The molecule has 0 aromatic heterocycles. The number of ether oxygens (including phenoxy) is 2. The molecule has 0 amide bonds. The lowest BCUT2D eigenvalue weighted by atomic mass is 10.0. The van der Waals surface area contributed by atoms with Gasteiger partial charge in [-0.25, -0.2) is 0 Å². The van der Waals surface area contributed by atoms with E-state index >= 15 is 0 Å². The fourth-order valence-corrected chi connectivity index (χ4v) is 2.23. The summed E-state index contributed by atoms with van der Waals surface area (Å²) in [6.07, 6.45) is 4.99. The summed E-state index contributed by atoms with van der Waals surface area (Å²) in [7, 11) is 1.63. The lowest BCUT2D eigenvalue weighted by molar-refractivity contribution is 0.0512. The molecule has 0 N–H and O–H groups in total. The summed E-state index contributed by atoms with van der Waals surface area (Å²) in [4.78, 5) is 0. The summed E-state index contributed by atoms with van der Waals surface area (Å²) in [6.45, 7) is 2.53. The van der Waals surface area contributed by atoms with Crippen molar-refractivity contribution in [2.75, 3.05) is 13.9 Å². The van der Waals surface area contributed by atoms with Crippen LogP contribution in [0.4, 0.5) is 0 Å². The molecule has 0 unspecified atom stereocenters. The highest BCUT2D eigenvalue weighted by Crippen LogP contribution is 2.23. The monoisotopic (exact) mass is 258 g/mol. The van der Waals surface area contributed by atoms with Crippen LogP contribution in [0.25, 0.3) is 10.8 Å². The molecular weight excluding hydrogens is 236 g/mol. The normalized spacial score (nSPS) is 10.8. The Bertz CT molecular complexity index is 520. The molecule has 2 aromatic carbocycles. The second-order valence-corrected chi connectivity index (χ2v) is 4.85. The highest BCUT2D eigenvalue weighted by Gasteiger charge is 2.00. The van der Waals surface area contributed by atoms with Crippen molar-refractivity contribution in [1.82, 2.24) is 0 Å². The smallest absolute Gasteiger partial charge is 0.188 e. The van der Waals surface area contributed by atoms with Crippen molar-refractivity contribution in [2.24, 2.45) is 0 Å². The van der Waals surface area contributed by atoms with Crippen LogP contribution in [0.15, 0.2) is 36.4 Å². The summed E-state index contributed by atoms with van der Waals surface area (Å²) < 4.78 is 10.4. The van der Waals surface area contributed by atoms with Crippen LogP contribution >= 0.6 is 0 Å². The van der Waals surface area contributed by atoms with E-state index in [0.717, 1.165) is 12.2 Å². The number of hydrogen-bond donors (Lipinski definition) is 0. The lowest BCUT2D eigenvalue weighted by Crippen LogP contribution is -1.98. The van der Waals surface area contributed by atoms with Crippen LogP contribution in [0.2, 0.25) is 0 Å². The molecule has 0 spiro atoms. The number of methoxy groups -OCH3 is 1. The topological polar surface area (TPSA) is 18.5 Å². The van der Waals surface area contributed by atoms with Crippen molar-refractivity contribution in [3.8, 4) is 5.75 Å². The Morgan fingerprint density at radius 1 is 0.947 bits per heavy atom. The maximum absolute atomic E-state index is 5.48. The Morgan fingerprint density at radius 2 is 1.79 bits per heavy atom. The molecule has 0 aliphatic heterocycles. The van der Waals surface area contributed by atoms with Crippen molar-refractivity contribution >= 4 is 10.8 Å². The molecule has 2 aromatic rings. The highest BCUT2D eigenvalue weighted by atomic mass is 16.7. The van der Waals surface area contributed by atoms with E-state index in [1.165, 1.54) is 35.6 Å². The zero-order valence-electron chi connectivity index (χ0n) is 11.8. The summed E-state index contributed by atoms with van der Waals surface area (Å²) in [5.74, 6) is 0.861. The first-order chi connectivity index (χ1) is 9.33. The number of benzene rings is 2. The Morgan fingerprint density at radius 3 is 2.58 bits per heavy atom. The molecule has 19 heavy (non-hydrogen) atoms. The van der Waals surface area contributed by atoms with Gasteiger partial charge in [0.25, 0.3) is 0 Å². The van der Waals surface area contributed by atoms with Gasteiger partial charge in [-0.2, -0.15) is 0 Å². The largest absolute Gasteiger partial charge is 0.468 e. The first-order valence-electron chi connectivity index (χ1n) is 6.98. The van der Waals surface area contributed by atoms with Crippen LogP contribution in [0.3, 0.4) is 0 Å². The van der Waals surface area contributed by atoms with Gasteiger partial charge in [0.05, 0.1) is 0 Å². The van der Waals surface area contributed by atoms with Crippen LogP contribution in [0, 0.1) is 0 Å². The first-order valence-corrected chi connectivity index (χ1v) is 6.98. The number of unbranched alkanes of at least 4 members (excludes halogenated alkanes) is 2. The zero-order valence-corrected chi connectivity index (χ0v) is 11.8. The van der Waals surface area contributed by atoms with Crippen LogP contribution in [-0.4, -0.2) is 13.9 Å². The molecule has 0 saturated carbocycles. The molecule has 0 atom stereocenters. The lowest BCUT2D eigenvalue weighted by Gasteiger charge is -2.07. The average Bonchev–Trinajstić information content (AvgIpc) is 2.45. The molecule has 0 fully saturated rings. The zero-order chi connectivity index (χ0) is 13.5. The fraction of sp³-hybridized carbons (Fsp3) is 0.412. The summed E-state index contributed by atoms with van der Waals surface area (Å²) in [5, 5.41) is 2.49. The van der Waals surface area contributed by atoms with E-state index in [0.29, 0.717) is 6.79 Å². The minimum atomic E-state index is 0.293. The third-order valence-electron chi connectivity index (χ3n) is 3.29. The third kappa shape index (κ3) is 3.97. The van der Waals surface area contributed by atoms with E-state index in [1.54, 1.807) is 7.11 Å². The van der Waals surface area contributed by atoms with Crippen LogP contribution in [0.1, 0.15) is 31.7 Å². The second kappa shape index (κ2) is 7.15. The molecule has 2 heteroatoms. The third-order valence-corrected chi connectivity index (χ3v) is 3.29. The highest BCUT2D eigenvalue weighted by molar-refractivity contribution is 5.84. The Hall–Kier alpha value is -1.54.